The number of fused-ring (bicyclic) bond motifs is 1. The molecule has 8 nitrogen and oxygen atoms in total. The number of amides is 3. The van der Waals surface area contributed by atoms with Crippen LogP contribution in [0.2, 0.25) is 5.02 Å². The van der Waals surface area contributed by atoms with Crippen molar-refractivity contribution in [3.8, 4) is 0 Å². The molecule has 4 rings (SSSR count). The summed E-state index contributed by atoms with van der Waals surface area (Å²) in [6.07, 6.45) is -1.30. The smallest absolute Gasteiger partial charge is 0.229 e. The van der Waals surface area contributed by atoms with Gasteiger partial charge in [0, 0.05) is 23.7 Å². The molecule has 0 saturated carbocycles. The van der Waals surface area contributed by atoms with Crippen molar-refractivity contribution < 1.29 is 14.4 Å². The fourth-order valence-electron chi connectivity index (χ4n) is 3.78. The largest absolute Gasteiger partial charge is 0.353 e. The second-order valence-electron chi connectivity index (χ2n) is 7.34. The Morgan fingerprint density at radius 1 is 1.03 bits per heavy atom. The summed E-state index contributed by atoms with van der Waals surface area (Å²) >= 11 is 5.90. The van der Waals surface area contributed by atoms with Gasteiger partial charge in [-0.15, -0.1) is 0 Å². The van der Waals surface area contributed by atoms with E-state index < -0.39 is 24.3 Å². The van der Waals surface area contributed by atoms with E-state index in [2.05, 4.69) is 26.6 Å². The standard InChI is InChI=1S/C21H22ClN5O3/c22-13-6-8-14(9-7-13)24-21-26-18-17(20(30)27-21)15(10-16(28)25-18)19(29)23-11-12-4-2-1-3-5-12/h1-9,15,17-18,21,24,26H,10-11H2,(H,23,29)(H,25,28)(H,27,30). The molecule has 2 aromatic rings. The Bertz CT molecular complexity index is 937. The van der Waals surface area contributed by atoms with E-state index in [0.29, 0.717) is 11.6 Å². The summed E-state index contributed by atoms with van der Waals surface area (Å²) in [5, 5.41) is 15.3. The van der Waals surface area contributed by atoms with E-state index >= 15 is 0 Å². The molecule has 2 saturated heterocycles. The molecule has 2 aromatic carbocycles. The number of halogens is 1. The predicted octanol–water partition coefficient (Wildman–Crippen LogP) is 1.15. The van der Waals surface area contributed by atoms with Gasteiger partial charge in [-0.25, -0.2) is 0 Å². The number of carbonyl (C=O) groups is 3. The van der Waals surface area contributed by atoms with Crippen molar-refractivity contribution in [3.63, 3.8) is 0 Å². The van der Waals surface area contributed by atoms with Gasteiger partial charge in [-0.2, -0.15) is 0 Å². The van der Waals surface area contributed by atoms with E-state index in [-0.39, 0.29) is 24.1 Å². The third kappa shape index (κ3) is 4.55. The maximum Gasteiger partial charge on any atom is 0.229 e. The number of nitrogens with one attached hydrogen (secondary N) is 5. The highest BCUT2D eigenvalue weighted by molar-refractivity contribution is 6.30. The molecule has 4 atom stereocenters. The molecule has 0 radical (unpaired) electrons. The van der Waals surface area contributed by atoms with E-state index in [1.807, 2.05) is 30.3 Å². The van der Waals surface area contributed by atoms with E-state index in [1.165, 1.54) is 0 Å². The van der Waals surface area contributed by atoms with Crippen molar-refractivity contribution in [3.05, 3.63) is 65.2 Å². The van der Waals surface area contributed by atoms with Crippen LogP contribution in [0.15, 0.2) is 54.6 Å². The third-order valence-corrected chi connectivity index (χ3v) is 5.50. The number of hydrogen-bond donors (Lipinski definition) is 5. The molecule has 3 amide bonds. The summed E-state index contributed by atoms with van der Waals surface area (Å²) in [6, 6.07) is 16.5. The minimum atomic E-state index is -0.753. The van der Waals surface area contributed by atoms with Gasteiger partial charge in [0.2, 0.25) is 17.7 Å². The second-order valence-corrected chi connectivity index (χ2v) is 7.78. The van der Waals surface area contributed by atoms with E-state index in [9.17, 15) is 14.4 Å². The molecule has 0 aliphatic carbocycles. The first-order chi connectivity index (χ1) is 14.5. The minimum absolute atomic E-state index is 0.0355. The van der Waals surface area contributed by atoms with Crippen molar-refractivity contribution in [2.75, 3.05) is 5.32 Å². The summed E-state index contributed by atoms with van der Waals surface area (Å²) < 4.78 is 0. The lowest BCUT2D eigenvalue weighted by atomic mass is 9.81. The Kier molecular flexibility index (Phi) is 5.87. The molecular formula is C21H22ClN5O3. The number of hydrogen-bond acceptors (Lipinski definition) is 5. The van der Waals surface area contributed by atoms with Crippen molar-refractivity contribution in [1.82, 2.24) is 21.3 Å². The zero-order chi connectivity index (χ0) is 21.1. The van der Waals surface area contributed by atoms with Crippen molar-refractivity contribution in [1.29, 1.82) is 0 Å². The average Bonchev–Trinajstić information content (AvgIpc) is 2.73. The summed E-state index contributed by atoms with van der Waals surface area (Å²) in [7, 11) is 0. The Balaban J connectivity index is 1.42. The lowest BCUT2D eigenvalue weighted by Crippen LogP contribution is -2.72. The molecular weight excluding hydrogens is 406 g/mol. The molecule has 0 aromatic heterocycles. The van der Waals surface area contributed by atoms with Gasteiger partial charge in [0.25, 0.3) is 0 Å². The molecule has 2 fully saturated rings. The van der Waals surface area contributed by atoms with Crippen LogP contribution in [0.1, 0.15) is 12.0 Å². The normalized spacial score (nSPS) is 25.5. The lowest BCUT2D eigenvalue weighted by molar-refractivity contribution is -0.146. The molecule has 4 unspecified atom stereocenters. The molecule has 30 heavy (non-hydrogen) atoms. The SMILES string of the molecule is O=C1CC(C(=O)NCc2ccccc2)C2C(=O)NC(Nc3ccc(Cl)cc3)NC2N1. The van der Waals surface area contributed by atoms with Gasteiger partial charge in [-0.05, 0) is 29.8 Å². The molecule has 0 spiro atoms. The second kappa shape index (κ2) is 8.73. The van der Waals surface area contributed by atoms with E-state index in [0.717, 1.165) is 11.3 Å². The molecule has 2 aliphatic heterocycles. The Hall–Kier alpha value is -3.10. The van der Waals surface area contributed by atoms with Crippen molar-refractivity contribution in [2.45, 2.75) is 25.4 Å². The predicted molar refractivity (Wildman–Crippen MR) is 112 cm³/mol. The van der Waals surface area contributed by atoms with E-state index in [1.54, 1.807) is 24.3 Å². The summed E-state index contributed by atoms with van der Waals surface area (Å²) in [6.45, 7) is 0.338. The summed E-state index contributed by atoms with van der Waals surface area (Å²) in [4.78, 5) is 37.8. The molecule has 5 N–H and O–H groups in total. The monoisotopic (exact) mass is 427 g/mol. The molecule has 2 aliphatic rings. The van der Waals surface area contributed by atoms with Gasteiger partial charge in [0.05, 0.1) is 18.0 Å². The van der Waals surface area contributed by atoms with Gasteiger partial charge < -0.3 is 21.3 Å². The van der Waals surface area contributed by atoms with Crippen LogP contribution in [-0.4, -0.2) is 30.2 Å². The summed E-state index contributed by atoms with van der Waals surface area (Å²) in [5.74, 6) is -2.35. The van der Waals surface area contributed by atoms with Crippen LogP contribution in [0.3, 0.4) is 0 Å². The molecule has 2 heterocycles. The first-order valence-electron chi connectivity index (χ1n) is 9.69. The van der Waals surface area contributed by atoms with Gasteiger partial charge in [-0.1, -0.05) is 41.9 Å². The Morgan fingerprint density at radius 2 is 1.77 bits per heavy atom. The van der Waals surface area contributed by atoms with Gasteiger partial charge in [0.15, 0.2) is 6.29 Å². The summed E-state index contributed by atoms with van der Waals surface area (Å²) in [5.41, 5.74) is 1.69. The zero-order valence-electron chi connectivity index (χ0n) is 16.0. The van der Waals surface area contributed by atoms with Gasteiger partial charge in [-0.3, -0.25) is 19.7 Å². The molecule has 0 bridgehead atoms. The van der Waals surface area contributed by atoms with Crippen molar-refractivity contribution in [2.24, 2.45) is 11.8 Å². The highest BCUT2D eigenvalue weighted by atomic mass is 35.5. The van der Waals surface area contributed by atoms with E-state index in [4.69, 9.17) is 11.6 Å². The van der Waals surface area contributed by atoms with Gasteiger partial charge >= 0.3 is 0 Å². The third-order valence-electron chi connectivity index (χ3n) is 5.25. The van der Waals surface area contributed by atoms with Crippen molar-refractivity contribution >= 4 is 35.0 Å². The van der Waals surface area contributed by atoms with Crippen LogP contribution in [-0.2, 0) is 20.9 Å². The van der Waals surface area contributed by atoms with Crippen LogP contribution in [0.4, 0.5) is 5.69 Å². The Morgan fingerprint density at radius 3 is 2.50 bits per heavy atom. The minimum Gasteiger partial charge on any atom is -0.353 e. The number of piperidine rings is 1. The fourth-order valence-corrected chi connectivity index (χ4v) is 3.91. The van der Waals surface area contributed by atoms with Crippen LogP contribution in [0.25, 0.3) is 0 Å². The molecule has 9 heteroatoms. The highest BCUT2D eigenvalue weighted by Crippen LogP contribution is 2.27. The van der Waals surface area contributed by atoms with Gasteiger partial charge in [0.1, 0.15) is 0 Å². The number of rotatable bonds is 5. The lowest BCUT2D eigenvalue weighted by Gasteiger charge is -2.43. The topological polar surface area (TPSA) is 111 Å². The fraction of sp³-hybridized carbons (Fsp3) is 0.286. The number of carbonyl (C=O) groups excluding carboxylic acids is 3. The van der Waals surface area contributed by atoms with Crippen LogP contribution in [0.5, 0.6) is 0 Å². The number of anilines is 1. The maximum absolute atomic E-state index is 12.8. The molecule has 156 valence electrons. The Labute approximate surface area is 178 Å². The zero-order valence-corrected chi connectivity index (χ0v) is 16.8. The average molecular weight is 428 g/mol. The van der Waals surface area contributed by atoms with Crippen LogP contribution < -0.4 is 26.6 Å². The highest BCUT2D eigenvalue weighted by Gasteiger charge is 2.48. The first-order valence-corrected chi connectivity index (χ1v) is 10.1. The number of benzene rings is 2. The quantitative estimate of drug-likeness (QED) is 0.491. The maximum atomic E-state index is 12.8. The van der Waals surface area contributed by atoms with Crippen LogP contribution in [0, 0.1) is 11.8 Å². The van der Waals surface area contributed by atoms with Crippen LogP contribution >= 0.6 is 11.6 Å². The first kappa shape index (κ1) is 20.2.